The molecule has 0 saturated heterocycles. The van der Waals surface area contributed by atoms with E-state index in [1.165, 1.54) is 9.75 Å². The molecule has 0 bridgehead atoms. The molecule has 0 spiro atoms. The second-order valence-electron chi connectivity index (χ2n) is 5.62. The number of nitrogens with two attached hydrogens (primary N) is 1. The monoisotopic (exact) mass is 320 g/mol. The third-order valence-electron chi connectivity index (χ3n) is 3.99. The van der Waals surface area contributed by atoms with Gasteiger partial charge in [-0.05, 0) is 42.2 Å². The highest BCUT2D eigenvalue weighted by Crippen LogP contribution is 2.28. The minimum absolute atomic E-state index is 0.111. The Hall–Kier alpha value is -1.17. The van der Waals surface area contributed by atoms with Gasteiger partial charge in [-0.15, -0.1) is 22.7 Å². The van der Waals surface area contributed by atoms with Gasteiger partial charge < -0.3 is 10.6 Å². The summed E-state index contributed by atoms with van der Waals surface area (Å²) in [5.74, 6) is 0.379. The van der Waals surface area contributed by atoms with Crippen molar-refractivity contribution in [2.75, 3.05) is 0 Å². The van der Waals surface area contributed by atoms with Crippen LogP contribution in [-0.4, -0.2) is 16.8 Å². The van der Waals surface area contributed by atoms with Crippen molar-refractivity contribution in [1.82, 2.24) is 4.90 Å². The molecule has 2 unspecified atom stereocenters. The van der Waals surface area contributed by atoms with Gasteiger partial charge in [0.15, 0.2) is 0 Å². The van der Waals surface area contributed by atoms with Crippen LogP contribution in [0.5, 0.6) is 0 Å². The van der Waals surface area contributed by atoms with Crippen LogP contribution in [-0.2, 0) is 17.9 Å². The van der Waals surface area contributed by atoms with E-state index in [2.05, 4.69) is 22.9 Å². The number of carbonyl (C=O) groups excluding carboxylic acids is 1. The summed E-state index contributed by atoms with van der Waals surface area (Å²) in [5, 5.41) is 4.13. The number of rotatable bonds is 5. The van der Waals surface area contributed by atoms with Gasteiger partial charge in [0.1, 0.15) is 0 Å². The SMILES string of the molecule is NC1CCC(C(=O)N(Cc2cccs2)Cc2cccs2)C1. The van der Waals surface area contributed by atoms with Crippen molar-refractivity contribution in [3.63, 3.8) is 0 Å². The number of thiophene rings is 2. The van der Waals surface area contributed by atoms with Gasteiger partial charge in [0.05, 0.1) is 13.1 Å². The standard InChI is InChI=1S/C16H20N2OS2/c17-13-6-5-12(9-13)16(19)18(10-14-3-1-7-20-14)11-15-4-2-8-21-15/h1-4,7-8,12-13H,5-6,9-11,17H2. The molecule has 1 saturated carbocycles. The first-order chi connectivity index (χ1) is 10.2. The van der Waals surface area contributed by atoms with Crippen LogP contribution >= 0.6 is 22.7 Å². The fourth-order valence-corrected chi connectivity index (χ4v) is 4.33. The van der Waals surface area contributed by atoms with Crippen LogP contribution in [0.2, 0.25) is 0 Å². The molecule has 21 heavy (non-hydrogen) atoms. The summed E-state index contributed by atoms with van der Waals surface area (Å²) in [7, 11) is 0. The van der Waals surface area contributed by atoms with Crippen molar-refractivity contribution in [3.05, 3.63) is 44.8 Å². The predicted molar refractivity (Wildman–Crippen MR) is 88.2 cm³/mol. The summed E-state index contributed by atoms with van der Waals surface area (Å²) in [5.41, 5.74) is 5.97. The fraction of sp³-hybridized carbons (Fsp3) is 0.438. The molecular weight excluding hydrogens is 300 g/mol. The molecule has 0 aliphatic heterocycles. The molecule has 1 aliphatic carbocycles. The molecular formula is C16H20N2OS2. The zero-order valence-electron chi connectivity index (χ0n) is 11.9. The Balaban J connectivity index is 1.72. The first kappa shape index (κ1) is 14.8. The minimum Gasteiger partial charge on any atom is -0.332 e. The van der Waals surface area contributed by atoms with E-state index in [0.717, 1.165) is 19.3 Å². The van der Waals surface area contributed by atoms with Crippen molar-refractivity contribution in [2.45, 2.75) is 38.4 Å². The Bertz CT molecular complexity index is 529. The van der Waals surface area contributed by atoms with E-state index in [9.17, 15) is 4.79 Å². The van der Waals surface area contributed by atoms with E-state index in [-0.39, 0.29) is 17.9 Å². The largest absolute Gasteiger partial charge is 0.332 e. The van der Waals surface area contributed by atoms with Gasteiger partial charge in [0.25, 0.3) is 0 Å². The Labute approximate surface area is 133 Å². The maximum absolute atomic E-state index is 12.8. The first-order valence-corrected chi connectivity index (χ1v) is 9.07. The topological polar surface area (TPSA) is 46.3 Å². The smallest absolute Gasteiger partial charge is 0.226 e. The van der Waals surface area contributed by atoms with E-state index in [1.54, 1.807) is 22.7 Å². The van der Waals surface area contributed by atoms with Crippen molar-refractivity contribution in [3.8, 4) is 0 Å². The maximum atomic E-state index is 12.8. The number of carbonyl (C=O) groups is 1. The second-order valence-corrected chi connectivity index (χ2v) is 7.69. The number of hydrogen-bond donors (Lipinski definition) is 1. The van der Waals surface area contributed by atoms with Gasteiger partial charge in [-0.3, -0.25) is 4.79 Å². The summed E-state index contributed by atoms with van der Waals surface area (Å²) < 4.78 is 0. The third kappa shape index (κ3) is 3.73. The van der Waals surface area contributed by atoms with Gasteiger partial charge in [0, 0.05) is 21.7 Å². The maximum Gasteiger partial charge on any atom is 0.226 e. The lowest BCUT2D eigenvalue weighted by molar-refractivity contribution is -0.136. The van der Waals surface area contributed by atoms with Gasteiger partial charge in [-0.1, -0.05) is 12.1 Å². The number of nitrogens with zero attached hydrogens (tertiary/aromatic N) is 1. The molecule has 0 aromatic carbocycles. The van der Waals surface area contributed by atoms with Crippen LogP contribution in [0, 0.1) is 5.92 Å². The zero-order valence-corrected chi connectivity index (χ0v) is 13.5. The first-order valence-electron chi connectivity index (χ1n) is 7.31. The lowest BCUT2D eigenvalue weighted by Gasteiger charge is -2.25. The average molecular weight is 320 g/mol. The number of amides is 1. The molecule has 1 aliphatic rings. The molecule has 112 valence electrons. The molecule has 1 amide bonds. The number of hydrogen-bond acceptors (Lipinski definition) is 4. The fourth-order valence-electron chi connectivity index (χ4n) is 2.89. The van der Waals surface area contributed by atoms with Crippen LogP contribution < -0.4 is 5.73 Å². The normalized spacial score (nSPS) is 21.6. The Morgan fingerprint density at radius 3 is 2.19 bits per heavy atom. The van der Waals surface area contributed by atoms with E-state index in [0.29, 0.717) is 13.1 Å². The third-order valence-corrected chi connectivity index (χ3v) is 5.71. The van der Waals surface area contributed by atoms with Crippen molar-refractivity contribution in [2.24, 2.45) is 11.7 Å². The average Bonchev–Trinajstić information content (AvgIpc) is 3.19. The van der Waals surface area contributed by atoms with Gasteiger partial charge in [-0.2, -0.15) is 0 Å². The molecule has 2 atom stereocenters. The van der Waals surface area contributed by atoms with Crippen LogP contribution in [0.1, 0.15) is 29.0 Å². The summed E-state index contributed by atoms with van der Waals surface area (Å²) in [6, 6.07) is 8.47. The molecule has 2 aromatic rings. The van der Waals surface area contributed by atoms with Crippen molar-refractivity contribution >= 4 is 28.6 Å². The van der Waals surface area contributed by atoms with Gasteiger partial charge in [-0.25, -0.2) is 0 Å². The lowest BCUT2D eigenvalue weighted by Crippen LogP contribution is -2.34. The van der Waals surface area contributed by atoms with E-state index in [4.69, 9.17) is 5.73 Å². The highest BCUT2D eigenvalue weighted by atomic mass is 32.1. The van der Waals surface area contributed by atoms with Crippen LogP contribution in [0.25, 0.3) is 0 Å². The lowest BCUT2D eigenvalue weighted by atomic mass is 10.1. The van der Waals surface area contributed by atoms with Crippen molar-refractivity contribution in [1.29, 1.82) is 0 Å². The Morgan fingerprint density at radius 1 is 1.14 bits per heavy atom. The molecule has 2 N–H and O–H groups in total. The highest BCUT2D eigenvalue weighted by molar-refractivity contribution is 7.10. The summed E-state index contributed by atoms with van der Waals surface area (Å²) >= 11 is 3.42. The van der Waals surface area contributed by atoms with Gasteiger partial charge >= 0.3 is 0 Å². The van der Waals surface area contributed by atoms with Crippen LogP contribution in [0.15, 0.2) is 35.0 Å². The molecule has 3 rings (SSSR count). The minimum atomic E-state index is 0.111. The summed E-state index contributed by atoms with van der Waals surface area (Å²) in [6.45, 7) is 1.42. The molecule has 2 heterocycles. The molecule has 3 nitrogen and oxygen atoms in total. The van der Waals surface area contributed by atoms with Crippen LogP contribution in [0.3, 0.4) is 0 Å². The highest BCUT2D eigenvalue weighted by Gasteiger charge is 2.31. The van der Waals surface area contributed by atoms with Gasteiger partial charge in [0.2, 0.25) is 5.91 Å². The Morgan fingerprint density at radius 2 is 1.76 bits per heavy atom. The van der Waals surface area contributed by atoms with E-state index in [1.807, 2.05) is 17.0 Å². The Kier molecular flexibility index (Phi) is 4.73. The van der Waals surface area contributed by atoms with E-state index >= 15 is 0 Å². The molecule has 1 fully saturated rings. The van der Waals surface area contributed by atoms with Crippen LogP contribution in [0.4, 0.5) is 0 Å². The molecule has 0 radical (unpaired) electrons. The second kappa shape index (κ2) is 6.73. The summed E-state index contributed by atoms with van der Waals surface area (Å²) in [6.07, 6.45) is 2.75. The molecule has 2 aromatic heterocycles. The zero-order chi connectivity index (χ0) is 14.7. The molecule has 5 heteroatoms. The predicted octanol–water partition coefficient (Wildman–Crippen LogP) is 3.47. The van der Waals surface area contributed by atoms with E-state index < -0.39 is 0 Å². The quantitative estimate of drug-likeness (QED) is 0.917. The van der Waals surface area contributed by atoms with Crippen molar-refractivity contribution < 1.29 is 4.79 Å². The summed E-state index contributed by atoms with van der Waals surface area (Å²) in [4.78, 5) is 17.3.